The average Bonchev–Trinajstić information content (AvgIpc) is 2.88. The van der Waals surface area contributed by atoms with Gasteiger partial charge in [0.2, 0.25) is 0 Å². The molecule has 1 fully saturated rings. The van der Waals surface area contributed by atoms with Gasteiger partial charge in [0.25, 0.3) is 5.91 Å². The number of amides is 1. The van der Waals surface area contributed by atoms with Crippen molar-refractivity contribution in [1.29, 1.82) is 0 Å². The van der Waals surface area contributed by atoms with Crippen molar-refractivity contribution in [3.63, 3.8) is 0 Å². The molecule has 0 spiro atoms. The van der Waals surface area contributed by atoms with Crippen molar-refractivity contribution in [3.8, 4) is 0 Å². The third kappa shape index (κ3) is 3.39. The minimum Gasteiger partial charge on any atom is -0.335 e. The molecule has 7 heteroatoms. The van der Waals surface area contributed by atoms with Crippen LogP contribution in [0, 0.1) is 0 Å². The molecular formula is C12H20N6O. The van der Waals surface area contributed by atoms with Gasteiger partial charge in [0, 0.05) is 39.3 Å². The molecule has 1 aliphatic rings. The van der Waals surface area contributed by atoms with Gasteiger partial charge in [-0.25, -0.2) is 0 Å². The van der Waals surface area contributed by atoms with Crippen molar-refractivity contribution in [3.05, 3.63) is 24.5 Å². The minimum absolute atomic E-state index is 0.0541. The summed E-state index contributed by atoms with van der Waals surface area (Å²) < 4.78 is 1.60. The van der Waals surface area contributed by atoms with Gasteiger partial charge in [0.1, 0.15) is 0 Å². The summed E-state index contributed by atoms with van der Waals surface area (Å²) in [6, 6.07) is 0. The van der Waals surface area contributed by atoms with Gasteiger partial charge >= 0.3 is 0 Å². The standard InChI is InChI=1S/C12H20N6O/c1-2-4-16-6-8-17(9-7-16)12(19)11-10-18(5-3-13)15-14-11/h2,10H,1,3-9,13H2. The molecular weight excluding hydrogens is 244 g/mol. The second kappa shape index (κ2) is 6.44. The van der Waals surface area contributed by atoms with Gasteiger partial charge in [-0.15, -0.1) is 11.7 Å². The number of nitrogens with zero attached hydrogens (tertiary/aromatic N) is 5. The summed E-state index contributed by atoms with van der Waals surface area (Å²) in [5.74, 6) is -0.0541. The molecule has 1 amide bonds. The van der Waals surface area contributed by atoms with Crippen molar-refractivity contribution in [1.82, 2.24) is 24.8 Å². The third-order valence-corrected chi connectivity index (χ3v) is 3.16. The molecule has 0 atom stereocenters. The normalized spacial score (nSPS) is 16.6. The first-order chi connectivity index (χ1) is 9.24. The highest BCUT2D eigenvalue weighted by atomic mass is 16.2. The van der Waals surface area contributed by atoms with E-state index < -0.39 is 0 Å². The Labute approximate surface area is 112 Å². The summed E-state index contributed by atoms with van der Waals surface area (Å²) in [6.07, 6.45) is 3.54. The predicted octanol–water partition coefficient (Wildman–Crippen LogP) is -0.819. The van der Waals surface area contributed by atoms with Crippen molar-refractivity contribution < 1.29 is 4.79 Å². The molecule has 19 heavy (non-hydrogen) atoms. The lowest BCUT2D eigenvalue weighted by molar-refractivity contribution is 0.0644. The Bertz CT molecular complexity index is 435. The largest absolute Gasteiger partial charge is 0.335 e. The first-order valence-electron chi connectivity index (χ1n) is 6.47. The lowest BCUT2D eigenvalue weighted by atomic mass is 10.3. The van der Waals surface area contributed by atoms with Crippen LogP contribution in [0.4, 0.5) is 0 Å². The number of carbonyl (C=O) groups is 1. The molecule has 0 aromatic carbocycles. The maximum Gasteiger partial charge on any atom is 0.276 e. The summed E-state index contributed by atoms with van der Waals surface area (Å²) in [5, 5.41) is 7.78. The monoisotopic (exact) mass is 264 g/mol. The van der Waals surface area contributed by atoms with Gasteiger partial charge in [-0.05, 0) is 0 Å². The number of hydrogen-bond acceptors (Lipinski definition) is 5. The fraction of sp³-hybridized carbons (Fsp3) is 0.583. The van der Waals surface area contributed by atoms with Crippen LogP contribution in [-0.4, -0.2) is 70.0 Å². The highest BCUT2D eigenvalue weighted by molar-refractivity contribution is 5.92. The fourth-order valence-corrected chi connectivity index (χ4v) is 2.12. The van der Waals surface area contributed by atoms with E-state index in [1.54, 1.807) is 10.9 Å². The van der Waals surface area contributed by atoms with E-state index in [2.05, 4.69) is 21.8 Å². The maximum absolute atomic E-state index is 12.2. The summed E-state index contributed by atoms with van der Waals surface area (Å²) in [6.45, 7) is 8.83. The molecule has 0 bridgehead atoms. The minimum atomic E-state index is -0.0541. The van der Waals surface area contributed by atoms with Crippen LogP contribution >= 0.6 is 0 Å². The zero-order chi connectivity index (χ0) is 13.7. The fourth-order valence-electron chi connectivity index (χ4n) is 2.12. The van der Waals surface area contributed by atoms with Crippen LogP contribution in [-0.2, 0) is 6.54 Å². The molecule has 0 aliphatic carbocycles. The Hall–Kier alpha value is -1.73. The third-order valence-electron chi connectivity index (χ3n) is 3.16. The highest BCUT2D eigenvalue weighted by Gasteiger charge is 2.23. The van der Waals surface area contributed by atoms with Crippen LogP contribution in [0.15, 0.2) is 18.9 Å². The summed E-state index contributed by atoms with van der Waals surface area (Å²) in [5.41, 5.74) is 5.83. The Kier molecular flexibility index (Phi) is 4.64. The molecule has 0 radical (unpaired) electrons. The highest BCUT2D eigenvalue weighted by Crippen LogP contribution is 2.06. The van der Waals surface area contributed by atoms with Gasteiger partial charge < -0.3 is 10.6 Å². The van der Waals surface area contributed by atoms with E-state index in [1.165, 1.54) is 0 Å². The van der Waals surface area contributed by atoms with Crippen molar-refractivity contribution in [2.45, 2.75) is 6.54 Å². The molecule has 1 aliphatic heterocycles. The van der Waals surface area contributed by atoms with Crippen molar-refractivity contribution in [2.75, 3.05) is 39.3 Å². The number of piperazine rings is 1. The van der Waals surface area contributed by atoms with E-state index in [-0.39, 0.29) is 5.91 Å². The predicted molar refractivity (Wildman–Crippen MR) is 71.6 cm³/mol. The van der Waals surface area contributed by atoms with E-state index in [9.17, 15) is 4.79 Å². The summed E-state index contributed by atoms with van der Waals surface area (Å²) >= 11 is 0. The quantitative estimate of drug-likeness (QED) is 0.703. The molecule has 1 aromatic rings. The number of hydrogen-bond donors (Lipinski definition) is 1. The second-order valence-corrected chi connectivity index (χ2v) is 4.54. The summed E-state index contributed by atoms with van der Waals surface area (Å²) in [7, 11) is 0. The Morgan fingerprint density at radius 2 is 2.16 bits per heavy atom. The van der Waals surface area contributed by atoms with Crippen LogP contribution in [0.25, 0.3) is 0 Å². The van der Waals surface area contributed by atoms with E-state index >= 15 is 0 Å². The lowest BCUT2D eigenvalue weighted by Crippen LogP contribution is -2.48. The molecule has 2 rings (SSSR count). The van der Waals surface area contributed by atoms with Crippen LogP contribution in [0.3, 0.4) is 0 Å². The van der Waals surface area contributed by atoms with Crippen LogP contribution in [0.5, 0.6) is 0 Å². The second-order valence-electron chi connectivity index (χ2n) is 4.54. The SMILES string of the molecule is C=CCN1CCN(C(=O)c2cn(CCN)nn2)CC1. The number of nitrogens with two attached hydrogens (primary N) is 1. The number of carbonyl (C=O) groups excluding carboxylic acids is 1. The lowest BCUT2D eigenvalue weighted by Gasteiger charge is -2.33. The van der Waals surface area contributed by atoms with E-state index in [4.69, 9.17) is 5.73 Å². The van der Waals surface area contributed by atoms with Crippen molar-refractivity contribution >= 4 is 5.91 Å². The molecule has 0 unspecified atom stereocenters. The Balaban J connectivity index is 1.91. The first kappa shape index (κ1) is 13.7. The molecule has 2 heterocycles. The zero-order valence-electron chi connectivity index (χ0n) is 11.0. The van der Waals surface area contributed by atoms with Gasteiger partial charge in [-0.2, -0.15) is 0 Å². The zero-order valence-corrected chi connectivity index (χ0v) is 11.0. The van der Waals surface area contributed by atoms with E-state index in [1.807, 2.05) is 11.0 Å². The first-order valence-corrected chi connectivity index (χ1v) is 6.47. The van der Waals surface area contributed by atoms with E-state index in [0.717, 1.165) is 32.7 Å². The van der Waals surface area contributed by atoms with Crippen LogP contribution in [0.1, 0.15) is 10.5 Å². The van der Waals surface area contributed by atoms with Gasteiger partial charge in [0.15, 0.2) is 5.69 Å². The number of rotatable bonds is 5. The van der Waals surface area contributed by atoms with E-state index in [0.29, 0.717) is 18.8 Å². The molecule has 7 nitrogen and oxygen atoms in total. The molecule has 1 aromatic heterocycles. The van der Waals surface area contributed by atoms with Gasteiger partial charge in [-0.3, -0.25) is 14.4 Å². The molecule has 1 saturated heterocycles. The van der Waals surface area contributed by atoms with Crippen LogP contribution in [0.2, 0.25) is 0 Å². The van der Waals surface area contributed by atoms with Gasteiger partial charge in [0.05, 0.1) is 12.7 Å². The molecule has 104 valence electrons. The van der Waals surface area contributed by atoms with Crippen LogP contribution < -0.4 is 5.73 Å². The maximum atomic E-state index is 12.2. The Morgan fingerprint density at radius 1 is 1.42 bits per heavy atom. The molecule has 2 N–H and O–H groups in total. The van der Waals surface area contributed by atoms with Gasteiger partial charge in [-0.1, -0.05) is 11.3 Å². The smallest absolute Gasteiger partial charge is 0.276 e. The molecule has 0 saturated carbocycles. The van der Waals surface area contributed by atoms with Crippen molar-refractivity contribution in [2.24, 2.45) is 5.73 Å². The topological polar surface area (TPSA) is 80.3 Å². The number of aromatic nitrogens is 3. The summed E-state index contributed by atoms with van der Waals surface area (Å²) in [4.78, 5) is 16.3. The average molecular weight is 264 g/mol. The Morgan fingerprint density at radius 3 is 2.79 bits per heavy atom.